The molecule has 0 amide bonds. The number of carboxylic acids is 1. The van der Waals surface area contributed by atoms with Gasteiger partial charge in [-0.15, -0.1) is 11.3 Å². The number of nitrogens with one attached hydrogen (secondary N) is 1. The monoisotopic (exact) mass is 294 g/mol. The molecule has 2 aromatic heterocycles. The van der Waals surface area contributed by atoms with Crippen LogP contribution in [0.5, 0.6) is 0 Å². The van der Waals surface area contributed by atoms with E-state index >= 15 is 0 Å². The Hall–Kier alpha value is -1.66. The highest BCUT2D eigenvalue weighted by Crippen LogP contribution is 2.34. The van der Waals surface area contributed by atoms with Gasteiger partial charge in [0.05, 0.1) is 5.69 Å². The average molecular weight is 294 g/mol. The molecule has 0 radical (unpaired) electrons. The van der Waals surface area contributed by atoms with Crippen LogP contribution in [0, 0.1) is 0 Å². The van der Waals surface area contributed by atoms with Crippen LogP contribution in [-0.4, -0.2) is 27.7 Å². The molecule has 5 nitrogen and oxygen atoms in total. The first kappa shape index (κ1) is 14.7. The van der Waals surface area contributed by atoms with Crippen molar-refractivity contribution < 1.29 is 14.6 Å². The number of thiazole rings is 1. The van der Waals surface area contributed by atoms with Crippen LogP contribution in [0.1, 0.15) is 42.7 Å². The van der Waals surface area contributed by atoms with Crippen molar-refractivity contribution in [2.75, 3.05) is 6.61 Å². The molecule has 6 heteroatoms. The van der Waals surface area contributed by atoms with Crippen LogP contribution in [0.3, 0.4) is 0 Å². The predicted octanol–water partition coefficient (Wildman–Crippen LogP) is 3.50. The molecule has 0 saturated heterocycles. The van der Waals surface area contributed by atoms with Gasteiger partial charge in [0.1, 0.15) is 16.3 Å². The third-order valence-corrected chi connectivity index (χ3v) is 4.39. The normalized spacial score (nSPS) is 14.2. The zero-order valence-corrected chi connectivity index (χ0v) is 12.6. The molecule has 0 aromatic carbocycles. The van der Waals surface area contributed by atoms with E-state index in [0.717, 1.165) is 22.7 Å². The van der Waals surface area contributed by atoms with E-state index in [1.54, 1.807) is 12.3 Å². The number of carbonyl (C=O) groups is 1. The quantitative estimate of drug-likeness (QED) is 0.855. The van der Waals surface area contributed by atoms with Crippen molar-refractivity contribution in [2.45, 2.75) is 32.8 Å². The summed E-state index contributed by atoms with van der Waals surface area (Å²) in [5.41, 5.74) is 1.33. The Kier molecular flexibility index (Phi) is 4.25. The lowest BCUT2D eigenvalue weighted by atomic mass is 10.0. The fraction of sp³-hybridized carbons (Fsp3) is 0.429. The molecule has 20 heavy (non-hydrogen) atoms. The smallest absolute Gasteiger partial charge is 0.352 e. The first-order chi connectivity index (χ1) is 9.50. The molecule has 0 aliphatic rings. The number of rotatable bonds is 6. The highest BCUT2D eigenvalue weighted by molar-refractivity contribution is 7.10. The van der Waals surface area contributed by atoms with E-state index < -0.39 is 5.97 Å². The second kappa shape index (κ2) is 5.76. The Balaban J connectivity index is 2.30. The molecule has 2 rings (SSSR count). The van der Waals surface area contributed by atoms with Gasteiger partial charge in [-0.3, -0.25) is 0 Å². The van der Waals surface area contributed by atoms with Crippen molar-refractivity contribution >= 4 is 17.3 Å². The third kappa shape index (κ3) is 2.76. The van der Waals surface area contributed by atoms with E-state index in [1.165, 1.54) is 11.3 Å². The lowest BCUT2D eigenvalue weighted by Gasteiger charge is -2.25. The molecule has 0 bridgehead atoms. The first-order valence-corrected chi connectivity index (χ1v) is 7.40. The molecule has 1 unspecified atom stereocenters. The Morgan fingerprint density at radius 2 is 2.30 bits per heavy atom. The highest BCUT2D eigenvalue weighted by Gasteiger charge is 2.28. The summed E-state index contributed by atoms with van der Waals surface area (Å²) in [4.78, 5) is 18.2. The van der Waals surface area contributed by atoms with E-state index in [1.807, 2.05) is 19.2 Å². The number of H-pyrrole nitrogens is 1. The Labute approximate surface area is 121 Å². The van der Waals surface area contributed by atoms with E-state index in [9.17, 15) is 4.79 Å². The maximum absolute atomic E-state index is 10.9. The molecule has 0 aliphatic carbocycles. The number of carboxylic acid groups (broad SMARTS) is 1. The molecule has 1 atom stereocenters. The summed E-state index contributed by atoms with van der Waals surface area (Å²) in [7, 11) is 0. The van der Waals surface area contributed by atoms with Gasteiger partial charge in [0.25, 0.3) is 0 Å². The van der Waals surface area contributed by atoms with Crippen LogP contribution in [-0.2, 0) is 10.3 Å². The van der Waals surface area contributed by atoms with Crippen molar-refractivity contribution in [2.24, 2.45) is 0 Å². The van der Waals surface area contributed by atoms with E-state index in [-0.39, 0.29) is 11.3 Å². The number of hydrogen-bond donors (Lipinski definition) is 2. The van der Waals surface area contributed by atoms with Crippen LogP contribution in [0.25, 0.3) is 11.3 Å². The van der Waals surface area contributed by atoms with Crippen molar-refractivity contribution in [3.8, 4) is 11.3 Å². The summed E-state index contributed by atoms with van der Waals surface area (Å²) in [5, 5.41) is 11.8. The maximum atomic E-state index is 10.9. The summed E-state index contributed by atoms with van der Waals surface area (Å²) in [5.74, 6) is -0.973. The van der Waals surface area contributed by atoms with Gasteiger partial charge >= 0.3 is 5.97 Å². The average Bonchev–Trinajstić information content (AvgIpc) is 3.07. The van der Waals surface area contributed by atoms with Crippen LogP contribution in [0.15, 0.2) is 17.6 Å². The SMILES string of the molecule is CCOC(C)(CC)c1nc(-c2c[nH]c(C(=O)O)c2)cs1. The molecule has 2 aromatic rings. The van der Waals surface area contributed by atoms with E-state index in [4.69, 9.17) is 9.84 Å². The second-order valence-electron chi connectivity index (χ2n) is 4.66. The molecule has 108 valence electrons. The van der Waals surface area contributed by atoms with Crippen LogP contribution < -0.4 is 0 Å². The molecular weight excluding hydrogens is 276 g/mol. The Bertz CT molecular complexity index is 605. The highest BCUT2D eigenvalue weighted by atomic mass is 32.1. The van der Waals surface area contributed by atoms with Crippen molar-refractivity contribution in [3.63, 3.8) is 0 Å². The molecule has 2 N–H and O–H groups in total. The number of aromatic carboxylic acids is 1. The molecule has 0 spiro atoms. The predicted molar refractivity (Wildman–Crippen MR) is 78.1 cm³/mol. The summed E-state index contributed by atoms with van der Waals surface area (Å²) in [6.45, 7) is 6.69. The number of ether oxygens (including phenoxy) is 1. The van der Waals surface area contributed by atoms with Gasteiger partial charge < -0.3 is 14.8 Å². The second-order valence-corrected chi connectivity index (χ2v) is 5.52. The minimum Gasteiger partial charge on any atom is -0.477 e. The number of hydrogen-bond acceptors (Lipinski definition) is 4. The van der Waals surface area contributed by atoms with Gasteiger partial charge in [-0.2, -0.15) is 0 Å². The number of aromatic nitrogens is 2. The Morgan fingerprint density at radius 1 is 1.55 bits per heavy atom. The standard InChI is InChI=1S/C14H18N2O3S/c1-4-14(3,19-5-2)13-16-11(8-20-13)9-6-10(12(17)18)15-7-9/h6-8,15H,4-5H2,1-3H3,(H,17,18). The van der Waals surface area contributed by atoms with Crippen LogP contribution in [0.4, 0.5) is 0 Å². The maximum Gasteiger partial charge on any atom is 0.352 e. The lowest BCUT2D eigenvalue weighted by Crippen LogP contribution is -2.24. The summed E-state index contributed by atoms with van der Waals surface area (Å²) in [6.07, 6.45) is 2.49. The van der Waals surface area contributed by atoms with Gasteiger partial charge in [-0.25, -0.2) is 9.78 Å². The zero-order valence-electron chi connectivity index (χ0n) is 11.8. The topological polar surface area (TPSA) is 75.2 Å². The number of aromatic amines is 1. The van der Waals surface area contributed by atoms with Gasteiger partial charge in [0.2, 0.25) is 0 Å². The largest absolute Gasteiger partial charge is 0.477 e. The summed E-state index contributed by atoms with van der Waals surface area (Å²) < 4.78 is 5.80. The molecule has 2 heterocycles. The summed E-state index contributed by atoms with van der Waals surface area (Å²) >= 11 is 1.54. The molecule has 0 fully saturated rings. The first-order valence-electron chi connectivity index (χ1n) is 6.52. The zero-order chi connectivity index (χ0) is 14.8. The van der Waals surface area contributed by atoms with Gasteiger partial charge in [0, 0.05) is 23.7 Å². The van der Waals surface area contributed by atoms with Gasteiger partial charge in [0.15, 0.2) is 0 Å². The third-order valence-electron chi connectivity index (χ3n) is 3.30. The molecular formula is C14H18N2O3S. The minimum absolute atomic E-state index is 0.164. The van der Waals surface area contributed by atoms with Crippen molar-refractivity contribution in [3.05, 3.63) is 28.3 Å². The van der Waals surface area contributed by atoms with Crippen molar-refractivity contribution in [1.29, 1.82) is 0 Å². The minimum atomic E-state index is -0.973. The summed E-state index contributed by atoms with van der Waals surface area (Å²) in [6, 6.07) is 1.59. The number of nitrogens with zero attached hydrogens (tertiary/aromatic N) is 1. The van der Waals surface area contributed by atoms with Crippen LogP contribution in [0.2, 0.25) is 0 Å². The fourth-order valence-electron chi connectivity index (χ4n) is 1.95. The van der Waals surface area contributed by atoms with Gasteiger partial charge in [-0.1, -0.05) is 6.92 Å². The van der Waals surface area contributed by atoms with Crippen molar-refractivity contribution in [1.82, 2.24) is 9.97 Å². The van der Waals surface area contributed by atoms with E-state index in [2.05, 4.69) is 16.9 Å². The molecule has 0 saturated carbocycles. The van der Waals surface area contributed by atoms with Gasteiger partial charge in [-0.05, 0) is 26.3 Å². The Morgan fingerprint density at radius 3 is 2.85 bits per heavy atom. The molecule has 0 aliphatic heterocycles. The fourth-order valence-corrected chi connectivity index (χ4v) is 2.96. The van der Waals surface area contributed by atoms with Crippen LogP contribution >= 0.6 is 11.3 Å². The lowest BCUT2D eigenvalue weighted by molar-refractivity contribution is -0.0324. The van der Waals surface area contributed by atoms with E-state index in [0.29, 0.717) is 6.61 Å².